The van der Waals surface area contributed by atoms with E-state index in [-0.39, 0.29) is 5.82 Å². The van der Waals surface area contributed by atoms with Crippen molar-refractivity contribution >= 4 is 0 Å². The van der Waals surface area contributed by atoms with E-state index in [1.807, 2.05) is 12.1 Å². The lowest BCUT2D eigenvalue weighted by molar-refractivity contribution is 0.480. The Kier molecular flexibility index (Phi) is 3.76. The van der Waals surface area contributed by atoms with Gasteiger partial charge in [0.05, 0.1) is 0 Å². The van der Waals surface area contributed by atoms with E-state index >= 15 is 0 Å². The van der Waals surface area contributed by atoms with Crippen LogP contribution in [0.5, 0.6) is 11.5 Å². The molecule has 0 bridgehead atoms. The molecule has 0 aliphatic rings. The van der Waals surface area contributed by atoms with Crippen molar-refractivity contribution in [1.82, 2.24) is 0 Å². The topological polar surface area (TPSA) is 9.23 Å². The zero-order valence-corrected chi connectivity index (χ0v) is 9.82. The fourth-order valence-electron chi connectivity index (χ4n) is 1.65. The van der Waals surface area contributed by atoms with Gasteiger partial charge >= 0.3 is 0 Å². The maximum atomic E-state index is 12.7. The van der Waals surface area contributed by atoms with Crippen molar-refractivity contribution < 1.29 is 9.13 Å². The van der Waals surface area contributed by atoms with E-state index in [0.717, 1.165) is 18.6 Å². The Morgan fingerprint density at radius 2 is 1.41 bits per heavy atom. The number of hydrogen-bond donors (Lipinski definition) is 0. The molecule has 88 valence electrons. The van der Waals surface area contributed by atoms with Crippen LogP contribution >= 0.6 is 0 Å². The second-order valence-corrected chi connectivity index (χ2v) is 3.95. The normalized spacial score (nSPS) is 10.2. The number of benzene rings is 2. The molecule has 0 radical (unpaired) electrons. The second kappa shape index (κ2) is 5.48. The molecule has 0 aliphatic heterocycles. The molecule has 2 aromatic carbocycles. The van der Waals surface area contributed by atoms with Gasteiger partial charge in [-0.15, -0.1) is 0 Å². The summed E-state index contributed by atoms with van der Waals surface area (Å²) in [6.45, 7) is 2.16. The van der Waals surface area contributed by atoms with Gasteiger partial charge in [-0.25, -0.2) is 4.39 Å². The molecule has 0 aliphatic carbocycles. The first-order chi connectivity index (χ1) is 8.28. The van der Waals surface area contributed by atoms with Gasteiger partial charge in [0.15, 0.2) is 0 Å². The fourth-order valence-corrected chi connectivity index (χ4v) is 1.65. The van der Waals surface area contributed by atoms with Crippen LogP contribution in [0.2, 0.25) is 0 Å². The summed E-state index contributed by atoms with van der Waals surface area (Å²) in [5, 5.41) is 0. The van der Waals surface area contributed by atoms with Gasteiger partial charge in [-0.05, 0) is 48.4 Å². The summed E-state index contributed by atoms with van der Waals surface area (Å²) >= 11 is 0. The Labute approximate surface area is 101 Å². The van der Waals surface area contributed by atoms with Crippen molar-refractivity contribution in [3.63, 3.8) is 0 Å². The molecular weight excluding hydrogens is 215 g/mol. The van der Waals surface area contributed by atoms with Crippen LogP contribution in [-0.2, 0) is 6.42 Å². The highest BCUT2D eigenvalue weighted by molar-refractivity contribution is 5.33. The highest BCUT2D eigenvalue weighted by Crippen LogP contribution is 2.22. The molecule has 0 fully saturated rings. The summed E-state index contributed by atoms with van der Waals surface area (Å²) in [4.78, 5) is 0. The van der Waals surface area contributed by atoms with Crippen LogP contribution < -0.4 is 4.74 Å². The molecule has 1 nitrogen and oxygen atoms in total. The van der Waals surface area contributed by atoms with Gasteiger partial charge in [-0.1, -0.05) is 25.5 Å². The SMILES string of the molecule is CCCc1ccc(Oc2ccc(F)cc2)cc1. The smallest absolute Gasteiger partial charge is 0.127 e. The van der Waals surface area contributed by atoms with E-state index in [2.05, 4.69) is 19.1 Å². The monoisotopic (exact) mass is 230 g/mol. The Hall–Kier alpha value is -1.83. The summed E-state index contributed by atoms with van der Waals surface area (Å²) in [6.07, 6.45) is 2.22. The van der Waals surface area contributed by atoms with E-state index in [0.29, 0.717) is 5.75 Å². The molecule has 17 heavy (non-hydrogen) atoms. The Balaban J connectivity index is 2.05. The number of hydrogen-bond acceptors (Lipinski definition) is 1. The van der Waals surface area contributed by atoms with E-state index in [1.54, 1.807) is 12.1 Å². The molecular formula is C15H15FO. The number of ether oxygens (including phenoxy) is 1. The van der Waals surface area contributed by atoms with Gasteiger partial charge in [-0.3, -0.25) is 0 Å². The minimum atomic E-state index is -0.254. The van der Waals surface area contributed by atoms with Crippen LogP contribution in [0.1, 0.15) is 18.9 Å². The zero-order valence-electron chi connectivity index (χ0n) is 9.82. The molecule has 2 heteroatoms. The standard InChI is InChI=1S/C15H15FO/c1-2-3-12-4-8-14(9-5-12)17-15-10-6-13(16)7-11-15/h4-11H,2-3H2,1H3. The molecule has 0 atom stereocenters. The summed E-state index contributed by atoms with van der Waals surface area (Å²) in [5.74, 6) is 1.17. The maximum Gasteiger partial charge on any atom is 0.127 e. The minimum Gasteiger partial charge on any atom is -0.457 e. The van der Waals surface area contributed by atoms with Crippen molar-refractivity contribution in [3.8, 4) is 11.5 Å². The van der Waals surface area contributed by atoms with Gasteiger partial charge in [0.1, 0.15) is 17.3 Å². The molecule has 0 spiro atoms. The van der Waals surface area contributed by atoms with Crippen molar-refractivity contribution in [2.75, 3.05) is 0 Å². The van der Waals surface area contributed by atoms with Crippen LogP contribution in [0.4, 0.5) is 4.39 Å². The van der Waals surface area contributed by atoms with Crippen molar-refractivity contribution in [2.45, 2.75) is 19.8 Å². The molecule has 0 amide bonds. The molecule has 0 unspecified atom stereocenters. The molecule has 0 heterocycles. The first kappa shape index (κ1) is 11.6. The van der Waals surface area contributed by atoms with Crippen molar-refractivity contribution in [3.05, 3.63) is 59.9 Å². The maximum absolute atomic E-state index is 12.7. The van der Waals surface area contributed by atoms with E-state index in [4.69, 9.17) is 4.74 Å². The Morgan fingerprint density at radius 1 is 0.882 bits per heavy atom. The Morgan fingerprint density at radius 3 is 1.94 bits per heavy atom. The summed E-state index contributed by atoms with van der Waals surface area (Å²) in [5.41, 5.74) is 1.30. The summed E-state index contributed by atoms with van der Waals surface area (Å²) in [6, 6.07) is 14.0. The zero-order chi connectivity index (χ0) is 12.1. The van der Waals surface area contributed by atoms with Crippen molar-refractivity contribution in [1.29, 1.82) is 0 Å². The molecule has 2 aromatic rings. The van der Waals surface area contributed by atoms with Gasteiger partial charge < -0.3 is 4.74 Å². The number of rotatable bonds is 4. The predicted molar refractivity (Wildman–Crippen MR) is 66.9 cm³/mol. The number of halogens is 1. The van der Waals surface area contributed by atoms with Gasteiger partial charge in [0, 0.05) is 0 Å². The lowest BCUT2D eigenvalue weighted by Gasteiger charge is -2.06. The Bertz CT molecular complexity index is 459. The van der Waals surface area contributed by atoms with Crippen molar-refractivity contribution in [2.24, 2.45) is 0 Å². The quantitative estimate of drug-likeness (QED) is 0.747. The third kappa shape index (κ3) is 3.31. The van der Waals surface area contributed by atoms with Crippen LogP contribution in [0.25, 0.3) is 0 Å². The average Bonchev–Trinajstić information content (AvgIpc) is 2.35. The highest BCUT2D eigenvalue weighted by atomic mass is 19.1. The third-order valence-electron chi connectivity index (χ3n) is 2.51. The first-order valence-electron chi connectivity index (χ1n) is 5.80. The van der Waals surface area contributed by atoms with Gasteiger partial charge in [-0.2, -0.15) is 0 Å². The van der Waals surface area contributed by atoms with E-state index < -0.39 is 0 Å². The van der Waals surface area contributed by atoms with Gasteiger partial charge in [0.25, 0.3) is 0 Å². The molecule has 0 saturated heterocycles. The fraction of sp³-hybridized carbons (Fsp3) is 0.200. The van der Waals surface area contributed by atoms with Gasteiger partial charge in [0.2, 0.25) is 0 Å². The minimum absolute atomic E-state index is 0.254. The summed E-state index contributed by atoms with van der Waals surface area (Å²) in [7, 11) is 0. The molecule has 0 aromatic heterocycles. The highest BCUT2D eigenvalue weighted by Gasteiger charge is 1.98. The number of aryl methyl sites for hydroxylation is 1. The molecule has 0 saturated carbocycles. The van der Waals surface area contributed by atoms with Crippen LogP contribution in [0, 0.1) is 5.82 Å². The summed E-state index contributed by atoms with van der Waals surface area (Å²) < 4.78 is 18.3. The molecule has 0 N–H and O–H groups in total. The van der Waals surface area contributed by atoms with Crippen LogP contribution in [0.15, 0.2) is 48.5 Å². The molecule has 2 rings (SSSR count). The van der Waals surface area contributed by atoms with E-state index in [1.165, 1.54) is 17.7 Å². The average molecular weight is 230 g/mol. The second-order valence-electron chi connectivity index (χ2n) is 3.95. The van der Waals surface area contributed by atoms with E-state index in [9.17, 15) is 4.39 Å². The first-order valence-corrected chi connectivity index (χ1v) is 5.80. The predicted octanol–water partition coefficient (Wildman–Crippen LogP) is 4.57. The lowest BCUT2D eigenvalue weighted by atomic mass is 10.1. The largest absolute Gasteiger partial charge is 0.457 e. The third-order valence-corrected chi connectivity index (χ3v) is 2.51. The van der Waals surface area contributed by atoms with Crippen LogP contribution in [0.3, 0.4) is 0 Å². The lowest BCUT2D eigenvalue weighted by Crippen LogP contribution is -1.86. The van der Waals surface area contributed by atoms with Crippen LogP contribution in [-0.4, -0.2) is 0 Å².